The largest absolute Gasteiger partial charge is 0.333 e. The minimum Gasteiger partial charge on any atom is -0.333 e. The predicted molar refractivity (Wildman–Crippen MR) is 81.5 cm³/mol. The Balaban J connectivity index is 1.85. The maximum atomic E-state index is 4.63. The average Bonchev–Trinajstić information content (AvgIpc) is 2.81. The van der Waals surface area contributed by atoms with E-state index in [9.17, 15) is 0 Å². The van der Waals surface area contributed by atoms with Crippen LogP contribution in [-0.2, 0) is 0 Å². The van der Waals surface area contributed by atoms with Gasteiger partial charge in [0.2, 0.25) is 0 Å². The molecule has 0 amide bonds. The Labute approximate surface area is 117 Å². The van der Waals surface area contributed by atoms with Gasteiger partial charge in [0.1, 0.15) is 0 Å². The maximum Gasteiger partial charge on any atom is 0.166 e. The lowest BCUT2D eigenvalue weighted by molar-refractivity contribution is 1.03. The van der Waals surface area contributed by atoms with Crippen LogP contribution < -0.4 is 0 Å². The molecule has 0 spiro atoms. The summed E-state index contributed by atoms with van der Waals surface area (Å²) in [4.78, 5) is 8.02. The fourth-order valence-corrected chi connectivity index (χ4v) is 3.06. The molecule has 0 fully saturated rings. The number of nitrogens with one attached hydrogen (secondary N) is 1. The zero-order chi connectivity index (χ0) is 13.2. The van der Waals surface area contributed by atoms with E-state index in [1.807, 2.05) is 6.07 Å². The van der Waals surface area contributed by atoms with Crippen molar-refractivity contribution >= 4 is 22.8 Å². The molecule has 2 aromatic carbocycles. The number of hydrogen-bond donors (Lipinski definition) is 1. The van der Waals surface area contributed by atoms with E-state index in [-0.39, 0.29) is 0 Å². The van der Waals surface area contributed by atoms with Crippen molar-refractivity contribution in [2.45, 2.75) is 24.3 Å². The van der Waals surface area contributed by atoms with Crippen molar-refractivity contribution in [2.24, 2.45) is 0 Å². The highest BCUT2D eigenvalue weighted by molar-refractivity contribution is 7.99. The molecule has 1 aromatic heterocycles. The lowest BCUT2D eigenvalue weighted by atomic mass is 10.2. The molecule has 0 aliphatic carbocycles. The van der Waals surface area contributed by atoms with Crippen LogP contribution in [0.1, 0.15) is 23.3 Å². The van der Waals surface area contributed by atoms with Crippen LogP contribution in [0.3, 0.4) is 0 Å². The highest BCUT2D eigenvalue weighted by atomic mass is 32.2. The number of H-pyrrole nitrogens is 1. The number of thioether (sulfide) groups is 1. The standard InChI is InChI=1S/C16H16N2S/c1-11-8-9-14-15(10-11)18-16(17-14)19-12(2)13-6-4-3-5-7-13/h3-10,12H,1-2H3,(H,17,18)/t12-/m1/s1. The van der Waals surface area contributed by atoms with Gasteiger partial charge in [-0.3, -0.25) is 0 Å². The van der Waals surface area contributed by atoms with Crippen LogP contribution in [0, 0.1) is 6.92 Å². The molecule has 0 unspecified atom stereocenters. The monoisotopic (exact) mass is 268 g/mol. The van der Waals surface area contributed by atoms with Crippen molar-refractivity contribution in [3.05, 3.63) is 59.7 Å². The van der Waals surface area contributed by atoms with Crippen molar-refractivity contribution in [1.82, 2.24) is 9.97 Å². The van der Waals surface area contributed by atoms with Crippen molar-refractivity contribution in [3.8, 4) is 0 Å². The number of hydrogen-bond acceptors (Lipinski definition) is 2. The normalized spacial score (nSPS) is 12.7. The molecule has 1 N–H and O–H groups in total. The van der Waals surface area contributed by atoms with E-state index in [2.05, 4.69) is 66.3 Å². The summed E-state index contributed by atoms with van der Waals surface area (Å²) >= 11 is 1.76. The zero-order valence-corrected chi connectivity index (χ0v) is 11.9. The third-order valence-electron chi connectivity index (χ3n) is 3.17. The van der Waals surface area contributed by atoms with E-state index in [0.29, 0.717) is 5.25 Å². The van der Waals surface area contributed by atoms with Crippen LogP contribution in [0.5, 0.6) is 0 Å². The smallest absolute Gasteiger partial charge is 0.166 e. The first-order valence-corrected chi connectivity index (χ1v) is 7.28. The maximum absolute atomic E-state index is 4.63. The fourth-order valence-electron chi connectivity index (χ4n) is 2.12. The second kappa shape index (κ2) is 5.10. The van der Waals surface area contributed by atoms with Crippen molar-refractivity contribution in [1.29, 1.82) is 0 Å². The molecule has 0 aliphatic rings. The SMILES string of the molecule is Cc1ccc2nc(S[C@H](C)c3ccccc3)[nH]c2c1. The first-order valence-electron chi connectivity index (χ1n) is 6.40. The van der Waals surface area contributed by atoms with Gasteiger partial charge in [-0.2, -0.15) is 0 Å². The number of aryl methyl sites for hydroxylation is 1. The lowest BCUT2D eigenvalue weighted by Gasteiger charge is -2.08. The second-order valence-corrected chi connectivity index (χ2v) is 6.06. The van der Waals surface area contributed by atoms with Gasteiger partial charge in [0.05, 0.1) is 11.0 Å². The fraction of sp³-hybridized carbons (Fsp3) is 0.188. The van der Waals surface area contributed by atoms with E-state index < -0.39 is 0 Å². The van der Waals surface area contributed by atoms with Crippen LogP contribution in [0.2, 0.25) is 0 Å². The van der Waals surface area contributed by atoms with Crippen molar-refractivity contribution in [2.75, 3.05) is 0 Å². The van der Waals surface area contributed by atoms with Crippen LogP contribution >= 0.6 is 11.8 Å². The molecule has 2 nitrogen and oxygen atoms in total. The van der Waals surface area contributed by atoms with Crippen LogP contribution in [0.15, 0.2) is 53.7 Å². The van der Waals surface area contributed by atoms with Gasteiger partial charge in [-0.1, -0.05) is 48.2 Å². The molecule has 1 heterocycles. The van der Waals surface area contributed by atoms with Crippen LogP contribution in [0.4, 0.5) is 0 Å². The third-order valence-corrected chi connectivity index (χ3v) is 4.22. The van der Waals surface area contributed by atoms with Crippen molar-refractivity contribution < 1.29 is 0 Å². The molecule has 1 atom stereocenters. The van der Waals surface area contributed by atoms with Gasteiger partial charge in [-0.15, -0.1) is 0 Å². The van der Waals surface area contributed by atoms with Gasteiger partial charge in [0.25, 0.3) is 0 Å². The van der Waals surface area contributed by atoms with Crippen molar-refractivity contribution in [3.63, 3.8) is 0 Å². The minimum absolute atomic E-state index is 0.392. The number of aromatic nitrogens is 2. The van der Waals surface area contributed by atoms with Gasteiger partial charge in [0, 0.05) is 5.25 Å². The summed E-state index contributed by atoms with van der Waals surface area (Å²) in [5.74, 6) is 0. The second-order valence-electron chi connectivity index (χ2n) is 4.73. The Morgan fingerprint density at radius 2 is 1.89 bits per heavy atom. The van der Waals surface area contributed by atoms with E-state index in [0.717, 1.165) is 16.2 Å². The zero-order valence-electron chi connectivity index (χ0n) is 11.1. The predicted octanol–water partition coefficient (Wildman–Crippen LogP) is 4.72. The van der Waals surface area contributed by atoms with Gasteiger partial charge < -0.3 is 4.98 Å². The highest BCUT2D eigenvalue weighted by Gasteiger charge is 2.10. The summed E-state index contributed by atoms with van der Waals surface area (Å²) in [5.41, 5.74) is 4.73. The molecule has 3 rings (SSSR count). The number of benzene rings is 2. The van der Waals surface area contributed by atoms with Gasteiger partial charge >= 0.3 is 0 Å². The Kier molecular flexibility index (Phi) is 3.30. The topological polar surface area (TPSA) is 28.7 Å². The molecular formula is C16H16N2S. The third kappa shape index (κ3) is 2.66. The number of aromatic amines is 1. The number of fused-ring (bicyclic) bond motifs is 1. The van der Waals surface area contributed by atoms with E-state index in [1.165, 1.54) is 11.1 Å². The van der Waals surface area contributed by atoms with E-state index in [4.69, 9.17) is 0 Å². The Morgan fingerprint density at radius 3 is 2.68 bits per heavy atom. The lowest BCUT2D eigenvalue weighted by Crippen LogP contribution is -1.88. The minimum atomic E-state index is 0.392. The molecule has 0 saturated carbocycles. The van der Waals surface area contributed by atoms with Gasteiger partial charge in [-0.25, -0.2) is 4.98 Å². The van der Waals surface area contributed by atoms with Crippen LogP contribution in [0.25, 0.3) is 11.0 Å². The number of imidazole rings is 1. The highest BCUT2D eigenvalue weighted by Crippen LogP contribution is 2.33. The van der Waals surface area contributed by atoms with E-state index in [1.54, 1.807) is 11.8 Å². The summed E-state index contributed by atoms with van der Waals surface area (Å²) in [6.45, 7) is 4.30. The molecule has 0 radical (unpaired) electrons. The molecule has 0 saturated heterocycles. The molecule has 96 valence electrons. The Morgan fingerprint density at radius 1 is 1.11 bits per heavy atom. The average molecular weight is 268 g/mol. The summed E-state index contributed by atoms with van der Waals surface area (Å²) < 4.78 is 0. The van der Waals surface area contributed by atoms with Crippen LogP contribution in [-0.4, -0.2) is 9.97 Å². The van der Waals surface area contributed by atoms with E-state index >= 15 is 0 Å². The molecule has 3 heteroatoms. The summed E-state index contributed by atoms with van der Waals surface area (Å²) in [6.07, 6.45) is 0. The quantitative estimate of drug-likeness (QED) is 0.696. The Bertz CT molecular complexity index is 688. The Hall–Kier alpha value is -1.74. The molecular weight excluding hydrogens is 252 g/mol. The summed E-state index contributed by atoms with van der Waals surface area (Å²) in [6, 6.07) is 16.8. The number of rotatable bonds is 3. The molecule has 0 bridgehead atoms. The number of nitrogens with zero attached hydrogens (tertiary/aromatic N) is 1. The molecule has 3 aromatic rings. The van der Waals surface area contributed by atoms with Gasteiger partial charge in [0.15, 0.2) is 5.16 Å². The first kappa shape index (κ1) is 12.3. The molecule has 19 heavy (non-hydrogen) atoms. The summed E-state index contributed by atoms with van der Waals surface area (Å²) in [7, 11) is 0. The summed E-state index contributed by atoms with van der Waals surface area (Å²) in [5, 5.41) is 1.37. The van der Waals surface area contributed by atoms with Gasteiger partial charge in [-0.05, 0) is 37.1 Å². The first-order chi connectivity index (χ1) is 9.22. The molecule has 0 aliphatic heterocycles.